The molecule has 0 radical (unpaired) electrons. The molecular formula is C36H38F8N6O7. The average Bonchev–Trinajstić information content (AvgIpc) is 3.65. The van der Waals surface area contributed by atoms with Crippen LogP contribution in [0.1, 0.15) is 52.7 Å². The highest BCUT2D eigenvalue weighted by atomic mass is 19.4. The molecule has 2 aromatic carbocycles. The predicted octanol–water partition coefficient (Wildman–Crippen LogP) is 5.39. The molecule has 2 heterocycles. The number of carboxylic acids is 1. The third-order valence-electron chi connectivity index (χ3n) is 9.93. The number of anilines is 1. The number of halogens is 8. The minimum Gasteiger partial charge on any atom is -0.509 e. The molecule has 2 aromatic rings. The number of aliphatic hydroxyl groups excluding tert-OH is 1. The Morgan fingerprint density at radius 3 is 2.32 bits per heavy atom. The van der Waals surface area contributed by atoms with Crippen molar-refractivity contribution in [1.82, 2.24) is 20.2 Å². The van der Waals surface area contributed by atoms with Crippen molar-refractivity contribution in [3.8, 4) is 5.75 Å². The van der Waals surface area contributed by atoms with E-state index in [0.717, 1.165) is 17.1 Å². The second kappa shape index (κ2) is 16.7. The summed E-state index contributed by atoms with van der Waals surface area (Å²) in [6, 6.07) is 2.51. The summed E-state index contributed by atoms with van der Waals surface area (Å²) in [5.41, 5.74) is -8.18. The lowest BCUT2D eigenvalue weighted by Gasteiger charge is -2.48. The van der Waals surface area contributed by atoms with Crippen molar-refractivity contribution in [3.63, 3.8) is 0 Å². The minimum absolute atomic E-state index is 0.138. The lowest BCUT2D eigenvalue weighted by atomic mass is 9.88. The molecule has 3 aliphatic rings. The molecule has 0 atom stereocenters. The fourth-order valence-corrected chi connectivity index (χ4v) is 6.80. The van der Waals surface area contributed by atoms with Crippen molar-refractivity contribution in [3.05, 3.63) is 81.3 Å². The summed E-state index contributed by atoms with van der Waals surface area (Å²) >= 11 is 0. The monoisotopic (exact) mass is 818 g/mol. The lowest BCUT2D eigenvalue weighted by Crippen LogP contribution is -2.62. The van der Waals surface area contributed by atoms with Gasteiger partial charge in [0.2, 0.25) is 5.82 Å². The number of carbonyl (C=O) groups is 3. The van der Waals surface area contributed by atoms with Crippen LogP contribution in [0.2, 0.25) is 0 Å². The summed E-state index contributed by atoms with van der Waals surface area (Å²) < 4.78 is 124. The van der Waals surface area contributed by atoms with E-state index < -0.39 is 117 Å². The molecule has 310 valence electrons. The summed E-state index contributed by atoms with van der Waals surface area (Å²) in [6.07, 6.45) is -8.26. The van der Waals surface area contributed by atoms with Crippen molar-refractivity contribution in [2.24, 2.45) is 4.99 Å². The Morgan fingerprint density at radius 2 is 1.70 bits per heavy atom. The highest BCUT2D eigenvalue weighted by Crippen LogP contribution is 2.45. The summed E-state index contributed by atoms with van der Waals surface area (Å²) in [5.74, 6) is -9.26. The van der Waals surface area contributed by atoms with Gasteiger partial charge in [-0.15, -0.1) is 0 Å². The van der Waals surface area contributed by atoms with Crippen LogP contribution in [0.4, 0.5) is 40.8 Å². The minimum atomic E-state index is -4.97. The Balaban J connectivity index is 1.51. The van der Waals surface area contributed by atoms with E-state index in [1.165, 1.54) is 19.2 Å². The Kier molecular flexibility index (Phi) is 12.5. The predicted molar refractivity (Wildman–Crippen MR) is 186 cm³/mol. The molecule has 0 aromatic heterocycles. The van der Waals surface area contributed by atoms with Crippen LogP contribution in [-0.4, -0.2) is 115 Å². The Morgan fingerprint density at radius 1 is 1.04 bits per heavy atom. The maximum absolute atomic E-state index is 15.8. The van der Waals surface area contributed by atoms with Gasteiger partial charge in [-0.2, -0.15) is 30.7 Å². The molecular weight excluding hydrogens is 780 g/mol. The number of nitrogens with zero attached hydrogens (tertiary/aromatic N) is 4. The van der Waals surface area contributed by atoms with Crippen molar-refractivity contribution in [2.75, 3.05) is 59.5 Å². The number of nitrogens with one attached hydrogen (secondary N) is 2. The molecule has 2 aliphatic heterocycles. The fourth-order valence-electron chi connectivity index (χ4n) is 6.80. The van der Waals surface area contributed by atoms with Gasteiger partial charge in [0.05, 0.1) is 35.7 Å². The summed E-state index contributed by atoms with van der Waals surface area (Å²) in [5, 5.41) is 27.7. The topological polar surface area (TPSA) is 156 Å². The molecule has 21 heteroatoms. The molecule has 1 saturated carbocycles. The SMILES string of the molecule is COCCN(C)CCOc1c(C(=O)O)cc(CN2C(=O)C(C(=O)Nc3ccc(C(F)(F)F)cc3C3=NCNC(C(F)(F)F)=C3)=C(O)C3(CCCC3)N2C)c(F)c1F. The van der Waals surface area contributed by atoms with Gasteiger partial charge in [-0.25, -0.2) is 14.2 Å². The number of hydrazine groups is 1. The molecule has 0 saturated heterocycles. The number of hydrogen-bond acceptors (Lipinski definition) is 10. The zero-order valence-corrected chi connectivity index (χ0v) is 30.7. The number of aliphatic imine (C=N–C) groups is 1. The van der Waals surface area contributed by atoms with E-state index in [1.807, 2.05) is 5.32 Å². The first kappa shape index (κ1) is 42.9. The van der Waals surface area contributed by atoms with Crippen molar-refractivity contribution in [1.29, 1.82) is 0 Å². The first-order chi connectivity index (χ1) is 26.7. The van der Waals surface area contributed by atoms with Gasteiger partial charge >= 0.3 is 18.3 Å². The molecule has 4 N–H and O–H groups in total. The van der Waals surface area contributed by atoms with Crippen LogP contribution in [-0.2, 0) is 27.0 Å². The van der Waals surface area contributed by atoms with E-state index in [2.05, 4.69) is 10.3 Å². The van der Waals surface area contributed by atoms with Crippen LogP contribution in [0.25, 0.3) is 0 Å². The summed E-state index contributed by atoms with van der Waals surface area (Å²) in [6.45, 7) is -0.777. The number of aromatic carboxylic acids is 1. The fraction of sp³-hybridized carbons (Fsp3) is 0.444. The average molecular weight is 819 g/mol. The molecule has 5 rings (SSSR count). The number of allylic oxidation sites excluding steroid dienone is 2. The van der Waals surface area contributed by atoms with Crippen molar-refractivity contribution in [2.45, 2.75) is 50.1 Å². The molecule has 1 spiro atoms. The first-order valence-electron chi connectivity index (χ1n) is 17.3. The Labute approximate surface area is 320 Å². The van der Waals surface area contributed by atoms with Gasteiger partial charge in [0.15, 0.2) is 11.6 Å². The van der Waals surface area contributed by atoms with Crippen LogP contribution in [0.5, 0.6) is 5.75 Å². The van der Waals surface area contributed by atoms with Crippen molar-refractivity contribution >= 4 is 29.2 Å². The highest BCUT2D eigenvalue weighted by Gasteiger charge is 2.53. The number of carboxylic acid groups (broad SMARTS) is 1. The Hall–Kier alpha value is -5.28. The van der Waals surface area contributed by atoms with Gasteiger partial charge in [0.25, 0.3) is 11.8 Å². The molecule has 57 heavy (non-hydrogen) atoms. The van der Waals surface area contributed by atoms with Crippen LogP contribution in [0, 0.1) is 11.6 Å². The van der Waals surface area contributed by atoms with E-state index in [1.54, 1.807) is 11.9 Å². The molecule has 13 nitrogen and oxygen atoms in total. The smallest absolute Gasteiger partial charge is 0.431 e. The zero-order valence-electron chi connectivity index (χ0n) is 30.7. The van der Waals surface area contributed by atoms with Gasteiger partial charge in [0.1, 0.15) is 35.9 Å². The quantitative estimate of drug-likeness (QED) is 0.153. The molecule has 0 unspecified atom stereocenters. The van der Waals surface area contributed by atoms with Crippen LogP contribution in [0.15, 0.2) is 52.4 Å². The van der Waals surface area contributed by atoms with E-state index >= 15 is 8.78 Å². The number of ether oxygens (including phenoxy) is 2. The second-order valence-corrected chi connectivity index (χ2v) is 13.5. The van der Waals surface area contributed by atoms with Crippen LogP contribution < -0.4 is 15.4 Å². The van der Waals surface area contributed by atoms with Gasteiger partial charge in [-0.3, -0.25) is 19.6 Å². The number of rotatable bonds is 13. The summed E-state index contributed by atoms with van der Waals surface area (Å²) in [4.78, 5) is 45.9. The molecule has 0 bridgehead atoms. The normalized spacial score (nSPS) is 17.5. The van der Waals surface area contributed by atoms with Crippen LogP contribution >= 0.6 is 0 Å². The second-order valence-electron chi connectivity index (χ2n) is 13.5. The van der Waals surface area contributed by atoms with E-state index in [0.29, 0.717) is 44.2 Å². The molecule has 1 fully saturated rings. The largest absolute Gasteiger partial charge is 0.509 e. The van der Waals surface area contributed by atoms with Gasteiger partial charge in [-0.1, -0.05) is 12.8 Å². The van der Waals surface area contributed by atoms with E-state index in [-0.39, 0.29) is 26.0 Å². The number of methoxy groups -OCH3 is 1. The van der Waals surface area contributed by atoms with Crippen LogP contribution in [0.3, 0.4) is 0 Å². The number of aliphatic hydroxyl groups is 1. The molecule has 2 amide bonds. The van der Waals surface area contributed by atoms with Crippen molar-refractivity contribution < 1.29 is 69.2 Å². The Bertz CT molecular complexity index is 2010. The maximum atomic E-state index is 15.8. The standard InChI is InChI=1S/C36H38F8N6O7/c1-48(10-12-56-3)11-13-57-29-22(33(54)55)14-19(27(37)28(29)38)17-50-32(53)26(30(51)34(49(50)2)8-4-5-9-34)31(52)47-23-7-6-20(35(39,40)41)15-21(23)24-16-25(36(42,43)44)46-18-45-24/h6-7,14-16,46,51H,4-5,8-13,17-18H2,1-3H3,(H,47,52)(H,54,55). The van der Waals surface area contributed by atoms with Gasteiger partial charge < -0.3 is 35.2 Å². The number of carbonyl (C=O) groups excluding carboxylic acids is 2. The number of hydrogen-bond donors (Lipinski definition) is 4. The number of benzene rings is 2. The molecule has 1 aliphatic carbocycles. The number of likely N-dealkylation sites (N-methyl/N-ethyl adjacent to an activating group) is 2. The number of amides is 2. The van der Waals surface area contributed by atoms with Gasteiger partial charge in [0, 0.05) is 38.4 Å². The third-order valence-corrected chi connectivity index (χ3v) is 9.93. The maximum Gasteiger partial charge on any atom is 0.431 e. The van der Waals surface area contributed by atoms with E-state index in [9.17, 15) is 50.9 Å². The first-order valence-corrected chi connectivity index (χ1v) is 17.3. The zero-order chi connectivity index (χ0) is 42.0. The van der Waals surface area contributed by atoms with Gasteiger partial charge in [-0.05, 0) is 50.2 Å². The third kappa shape index (κ3) is 8.84. The summed E-state index contributed by atoms with van der Waals surface area (Å²) in [7, 11) is 4.52. The van der Waals surface area contributed by atoms with E-state index in [4.69, 9.17) is 9.47 Å². The highest BCUT2D eigenvalue weighted by molar-refractivity contribution is 6.25. The number of alkyl halides is 6. The lowest BCUT2D eigenvalue weighted by molar-refractivity contribution is -0.163.